The van der Waals surface area contributed by atoms with E-state index >= 15 is 0 Å². The average Bonchev–Trinajstić information content (AvgIpc) is 2.54. The van der Waals surface area contributed by atoms with Crippen LogP contribution in [-0.4, -0.2) is 49.4 Å². The van der Waals surface area contributed by atoms with Crippen LogP contribution in [0, 0.1) is 0 Å². The Morgan fingerprint density at radius 1 is 0.731 bits per heavy atom. The summed E-state index contributed by atoms with van der Waals surface area (Å²) in [6, 6.07) is 0. The minimum absolute atomic E-state index is 0.311. The Morgan fingerprint density at radius 3 is 1.35 bits per heavy atom. The predicted molar refractivity (Wildman–Crippen MR) is 110 cm³/mol. The molecule has 1 N–H and O–H groups in total. The number of carboxylic acid groups (broad SMARTS) is 1. The molecule has 0 aromatic carbocycles. The van der Waals surface area contributed by atoms with Gasteiger partial charge in [0.15, 0.2) is 0 Å². The molecule has 0 heterocycles. The summed E-state index contributed by atoms with van der Waals surface area (Å²) in [6.07, 6.45) is 19.9. The van der Waals surface area contributed by atoms with Gasteiger partial charge in [0.1, 0.15) is 6.54 Å². The van der Waals surface area contributed by atoms with Crippen molar-refractivity contribution in [2.45, 2.75) is 104 Å². The molecule has 0 rings (SSSR count). The third-order valence-corrected chi connectivity index (χ3v) is 4.82. The Hall–Kier alpha value is -0.610. The van der Waals surface area contributed by atoms with Gasteiger partial charge in [-0.05, 0) is 19.8 Å². The number of likely N-dealkylation sites (N-methyl/N-ethyl adjacent to an activating group) is 1. The molecule has 0 unspecified atom stereocenters. The Bertz CT molecular complexity index is 289. The van der Waals surface area contributed by atoms with Crippen molar-refractivity contribution in [1.29, 1.82) is 0 Å². The van der Waals surface area contributed by atoms with E-state index in [0.717, 1.165) is 18.0 Å². The van der Waals surface area contributed by atoms with Crippen molar-refractivity contribution in [1.82, 2.24) is 0 Å². The van der Waals surface area contributed by atoms with E-state index in [1.54, 1.807) is 0 Å². The van der Waals surface area contributed by atoms with E-state index in [-0.39, 0.29) is 0 Å². The molecule has 0 aliphatic rings. The van der Waals surface area contributed by atoms with Crippen molar-refractivity contribution in [3.8, 4) is 0 Å². The fraction of sp³-hybridized carbons (Fsp3) is 0.955. The van der Waals surface area contributed by atoms with Crippen molar-refractivity contribution >= 4 is 5.97 Å². The number of nitrogens with zero attached hydrogens (tertiary/aromatic N) is 1. The molecule has 0 radical (unpaired) electrons. The second kappa shape index (κ2) is 20.7. The number of aliphatic carboxylic acids is 1. The zero-order valence-corrected chi connectivity index (χ0v) is 18.2. The molecule has 0 spiro atoms. The van der Waals surface area contributed by atoms with Gasteiger partial charge in [0, 0.05) is 5.97 Å². The lowest BCUT2D eigenvalue weighted by Crippen LogP contribution is -2.42. The maximum Gasteiger partial charge on any atom is 0.102 e. The SMILES string of the molecule is CC(=O)[O-].CCCCCCCCCCCCCCCC[N+](C)(C)CCO. The fourth-order valence-electron chi connectivity index (χ4n) is 3.12. The third-order valence-electron chi connectivity index (χ3n) is 4.82. The molecule has 0 fully saturated rings. The van der Waals surface area contributed by atoms with Gasteiger partial charge in [-0.1, -0.05) is 84.0 Å². The highest BCUT2D eigenvalue weighted by molar-refractivity contribution is 5.60. The molecule has 0 aromatic rings. The maximum atomic E-state index is 9.00. The molecule has 0 saturated carbocycles. The van der Waals surface area contributed by atoms with Gasteiger partial charge in [-0.15, -0.1) is 0 Å². The first kappa shape index (κ1) is 27.6. The number of hydrogen-bond acceptors (Lipinski definition) is 3. The second-order valence-corrected chi connectivity index (χ2v) is 8.19. The molecular weight excluding hydrogens is 326 g/mol. The van der Waals surface area contributed by atoms with Crippen LogP contribution in [-0.2, 0) is 4.79 Å². The highest BCUT2D eigenvalue weighted by Crippen LogP contribution is 2.13. The zero-order chi connectivity index (χ0) is 20.1. The molecule has 0 aliphatic heterocycles. The van der Waals surface area contributed by atoms with Crippen LogP contribution >= 0.6 is 0 Å². The van der Waals surface area contributed by atoms with E-state index in [1.807, 2.05) is 0 Å². The normalized spacial score (nSPS) is 11.1. The number of carboxylic acids is 1. The number of aliphatic hydroxyl groups excluding tert-OH is 1. The largest absolute Gasteiger partial charge is 0.550 e. The van der Waals surface area contributed by atoms with Crippen molar-refractivity contribution in [2.24, 2.45) is 0 Å². The standard InChI is InChI=1S/C20H44NO.C2H4O2/c1-4-5-6-7-8-9-10-11-12-13-14-15-16-17-18-21(2,3)19-20-22;1-2(3)4/h22H,4-20H2,1-3H3;1H3,(H,3,4)/q+1;/p-1. The number of unbranched alkanes of at least 4 members (excludes halogenated alkanes) is 13. The van der Waals surface area contributed by atoms with E-state index in [0.29, 0.717) is 6.61 Å². The van der Waals surface area contributed by atoms with Crippen molar-refractivity contribution < 1.29 is 19.5 Å². The smallest absolute Gasteiger partial charge is 0.102 e. The van der Waals surface area contributed by atoms with E-state index in [2.05, 4.69) is 21.0 Å². The molecule has 4 nitrogen and oxygen atoms in total. The number of quaternary nitrogens is 1. The summed E-state index contributed by atoms with van der Waals surface area (Å²) >= 11 is 0. The lowest BCUT2D eigenvalue weighted by Gasteiger charge is -2.28. The predicted octanol–water partition coefficient (Wildman–Crippen LogP) is 4.29. The summed E-state index contributed by atoms with van der Waals surface area (Å²) in [4.78, 5) is 8.89. The van der Waals surface area contributed by atoms with Crippen LogP contribution in [0.5, 0.6) is 0 Å². The van der Waals surface area contributed by atoms with Crippen LogP contribution in [0.4, 0.5) is 0 Å². The summed E-state index contributed by atoms with van der Waals surface area (Å²) in [6.45, 7) is 5.66. The van der Waals surface area contributed by atoms with Crippen LogP contribution in [0.15, 0.2) is 0 Å². The first-order valence-corrected chi connectivity index (χ1v) is 11.0. The lowest BCUT2D eigenvalue weighted by molar-refractivity contribution is -0.890. The summed E-state index contributed by atoms with van der Waals surface area (Å²) in [7, 11) is 4.44. The van der Waals surface area contributed by atoms with Crippen molar-refractivity contribution in [3.05, 3.63) is 0 Å². The minimum Gasteiger partial charge on any atom is -0.550 e. The molecule has 158 valence electrons. The Morgan fingerprint density at radius 2 is 1.04 bits per heavy atom. The Labute approximate surface area is 163 Å². The highest BCUT2D eigenvalue weighted by Gasteiger charge is 2.12. The lowest BCUT2D eigenvalue weighted by atomic mass is 10.0. The molecule has 0 bridgehead atoms. The molecule has 4 heteroatoms. The maximum absolute atomic E-state index is 9.00. The van der Waals surface area contributed by atoms with E-state index in [9.17, 15) is 0 Å². The topological polar surface area (TPSA) is 60.4 Å². The molecule has 0 aliphatic carbocycles. The van der Waals surface area contributed by atoms with Crippen LogP contribution in [0.2, 0.25) is 0 Å². The molecular formula is C22H47NO3. The van der Waals surface area contributed by atoms with E-state index in [1.165, 1.54) is 96.4 Å². The van der Waals surface area contributed by atoms with Gasteiger partial charge in [-0.2, -0.15) is 0 Å². The average molecular weight is 374 g/mol. The van der Waals surface area contributed by atoms with Crippen LogP contribution in [0.25, 0.3) is 0 Å². The van der Waals surface area contributed by atoms with Gasteiger partial charge < -0.3 is 19.5 Å². The fourth-order valence-corrected chi connectivity index (χ4v) is 3.12. The summed E-state index contributed by atoms with van der Waals surface area (Å²) in [5, 5.41) is 17.9. The van der Waals surface area contributed by atoms with Gasteiger partial charge in [0.25, 0.3) is 0 Å². The van der Waals surface area contributed by atoms with Gasteiger partial charge in [-0.25, -0.2) is 0 Å². The molecule has 0 amide bonds. The number of carbonyl (C=O) groups is 1. The van der Waals surface area contributed by atoms with Gasteiger partial charge in [-0.3, -0.25) is 0 Å². The van der Waals surface area contributed by atoms with Crippen molar-refractivity contribution in [3.63, 3.8) is 0 Å². The third kappa shape index (κ3) is 28.2. The monoisotopic (exact) mass is 373 g/mol. The minimum atomic E-state index is -1.08. The second-order valence-electron chi connectivity index (χ2n) is 8.19. The highest BCUT2D eigenvalue weighted by atomic mass is 16.4. The number of carbonyl (C=O) groups excluding carboxylic acids is 1. The molecule has 26 heavy (non-hydrogen) atoms. The Kier molecular flexibility index (Phi) is 22.0. The summed E-state index contributed by atoms with van der Waals surface area (Å²) in [5.41, 5.74) is 0. The molecule has 0 atom stereocenters. The quantitative estimate of drug-likeness (QED) is 0.305. The van der Waals surface area contributed by atoms with E-state index < -0.39 is 5.97 Å². The van der Waals surface area contributed by atoms with E-state index in [4.69, 9.17) is 15.0 Å². The Balaban J connectivity index is 0. The van der Waals surface area contributed by atoms with Crippen molar-refractivity contribution in [2.75, 3.05) is 33.8 Å². The van der Waals surface area contributed by atoms with Crippen LogP contribution < -0.4 is 5.11 Å². The molecule has 0 aromatic heterocycles. The summed E-state index contributed by atoms with van der Waals surface area (Å²) < 4.78 is 0.967. The number of aliphatic hydroxyl groups is 1. The number of rotatable bonds is 17. The number of hydrogen-bond donors (Lipinski definition) is 1. The van der Waals surface area contributed by atoms with Crippen LogP contribution in [0.3, 0.4) is 0 Å². The van der Waals surface area contributed by atoms with Crippen LogP contribution in [0.1, 0.15) is 104 Å². The summed E-state index contributed by atoms with van der Waals surface area (Å²) in [5.74, 6) is -1.08. The van der Waals surface area contributed by atoms with Gasteiger partial charge in [0.2, 0.25) is 0 Å². The van der Waals surface area contributed by atoms with Gasteiger partial charge in [0.05, 0.1) is 27.2 Å². The molecule has 0 saturated heterocycles. The van der Waals surface area contributed by atoms with Gasteiger partial charge >= 0.3 is 0 Å². The first-order valence-electron chi connectivity index (χ1n) is 11.0. The zero-order valence-electron chi connectivity index (χ0n) is 18.2. The first-order chi connectivity index (χ1) is 12.4.